The number of nitrogens with one attached hydrogen (secondary N) is 2. The summed E-state index contributed by atoms with van der Waals surface area (Å²) in [7, 11) is 5.06. The molecule has 0 aromatic carbocycles. The number of aliphatic imine (C=N–C) groups is 1. The predicted molar refractivity (Wildman–Crippen MR) is 119 cm³/mol. The Balaban J connectivity index is 0.00000676. The average Bonchev–Trinajstić information content (AvgIpc) is 3.11. The van der Waals surface area contributed by atoms with E-state index in [4.69, 9.17) is 4.99 Å². The van der Waals surface area contributed by atoms with Crippen molar-refractivity contribution in [1.29, 1.82) is 0 Å². The maximum Gasteiger partial charge on any atom is 0.305 e. The molecule has 1 fully saturated rings. The molecule has 1 saturated carbocycles. The molecular weight excluding hydrogens is 459 g/mol. The molecular formula is C19H37IN4O3. The lowest BCUT2D eigenvalue weighted by Crippen LogP contribution is -2.43. The second kappa shape index (κ2) is 14.0. The predicted octanol–water partition coefficient (Wildman–Crippen LogP) is 2.54. The Kier molecular flexibility index (Phi) is 13.5. The first-order valence-corrected chi connectivity index (χ1v) is 9.76. The minimum atomic E-state index is -0.341. The molecule has 0 unspecified atom stereocenters. The van der Waals surface area contributed by atoms with Gasteiger partial charge in [0.05, 0.1) is 19.1 Å². The summed E-state index contributed by atoms with van der Waals surface area (Å²) in [6, 6.07) is 0. The monoisotopic (exact) mass is 496 g/mol. The molecule has 1 aliphatic carbocycles. The number of nitrogens with zero attached hydrogens (tertiary/aromatic N) is 2. The van der Waals surface area contributed by atoms with Gasteiger partial charge in [0.25, 0.3) is 0 Å². The normalized spacial score (nSPS) is 15.6. The van der Waals surface area contributed by atoms with Crippen molar-refractivity contribution in [2.24, 2.45) is 10.4 Å². The smallest absolute Gasteiger partial charge is 0.305 e. The summed E-state index contributed by atoms with van der Waals surface area (Å²) in [5.74, 6) is 0.802. The Morgan fingerprint density at radius 1 is 1.11 bits per heavy atom. The minimum absolute atomic E-state index is 0. The maximum absolute atomic E-state index is 12.6. The average molecular weight is 496 g/mol. The molecule has 0 saturated heterocycles. The van der Waals surface area contributed by atoms with Gasteiger partial charge in [-0.05, 0) is 32.6 Å². The molecule has 0 aliphatic heterocycles. The molecule has 27 heavy (non-hydrogen) atoms. The number of esters is 1. The van der Waals surface area contributed by atoms with Gasteiger partial charge in [-0.15, -0.1) is 24.0 Å². The molecule has 0 aromatic heterocycles. The zero-order valence-corrected chi connectivity index (χ0v) is 19.6. The summed E-state index contributed by atoms with van der Waals surface area (Å²) in [5, 5.41) is 6.58. The molecule has 8 heteroatoms. The number of unbranched alkanes of at least 4 members (excludes halogenated alkanes) is 2. The first-order chi connectivity index (χ1) is 12.4. The second-order valence-electron chi connectivity index (χ2n) is 7.20. The van der Waals surface area contributed by atoms with E-state index in [0.717, 1.165) is 64.0 Å². The van der Waals surface area contributed by atoms with E-state index in [1.165, 1.54) is 7.11 Å². The van der Waals surface area contributed by atoms with Gasteiger partial charge in [-0.3, -0.25) is 14.6 Å². The van der Waals surface area contributed by atoms with Crippen LogP contribution < -0.4 is 10.6 Å². The van der Waals surface area contributed by atoms with Crippen molar-refractivity contribution in [3.63, 3.8) is 0 Å². The topological polar surface area (TPSA) is 83.0 Å². The van der Waals surface area contributed by atoms with Crippen LogP contribution in [0.1, 0.15) is 58.3 Å². The molecule has 2 N–H and O–H groups in total. The van der Waals surface area contributed by atoms with Gasteiger partial charge in [0.1, 0.15) is 0 Å². The van der Waals surface area contributed by atoms with E-state index in [-0.39, 0.29) is 41.3 Å². The van der Waals surface area contributed by atoms with Gasteiger partial charge in [-0.25, -0.2) is 0 Å². The fourth-order valence-electron chi connectivity index (χ4n) is 3.42. The van der Waals surface area contributed by atoms with Crippen LogP contribution in [0.3, 0.4) is 0 Å². The molecule has 0 radical (unpaired) electrons. The molecule has 0 bridgehead atoms. The van der Waals surface area contributed by atoms with E-state index >= 15 is 0 Å². The minimum Gasteiger partial charge on any atom is -0.469 e. The van der Waals surface area contributed by atoms with Crippen LogP contribution in [0.4, 0.5) is 0 Å². The Bertz CT molecular complexity index is 478. The number of hydrogen-bond acceptors (Lipinski definition) is 4. The van der Waals surface area contributed by atoms with Crippen molar-refractivity contribution in [1.82, 2.24) is 15.5 Å². The first kappa shape index (κ1) is 25.9. The highest BCUT2D eigenvalue weighted by Gasteiger charge is 2.41. The summed E-state index contributed by atoms with van der Waals surface area (Å²) in [6.07, 6.45) is 7.26. The molecule has 0 atom stereocenters. The van der Waals surface area contributed by atoms with Crippen LogP contribution in [0, 0.1) is 5.41 Å². The highest BCUT2D eigenvalue weighted by Crippen LogP contribution is 2.39. The van der Waals surface area contributed by atoms with Crippen molar-refractivity contribution in [3.8, 4) is 0 Å². The van der Waals surface area contributed by atoms with E-state index in [1.54, 1.807) is 4.90 Å². The van der Waals surface area contributed by atoms with Crippen molar-refractivity contribution in [3.05, 3.63) is 0 Å². The molecule has 7 nitrogen and oxygen atoms in total. The van der Waals surface area contributed by atoms with Gasteiger partial charge in [-0.2, -0.15) is 0 Å². The van der Waals surface area contributed by atoms with Gasteiger partial charge < -0.3 is 20.3 Å². The second-order valence-corrected chi connectivity index (χ2v) is 7.20. The van der Waals surface area contributed by atoms with Crippen LogP contribution in [-0.4, -0.2) is 63.6 Å². The van der Waals surface area contributed by atoms with Crippen molar-refractivity contribution >= 4 is 41.8 Å². The number of methoxy groups -OCH3 is 1. The molecule has 0 heterocycles. The standard InChI is InChI=1S/C19H36N4O3.HI/c1-5-20-18(21-14-10-6-7-11-16(24)26-4)22-15-19(12-8-9-13-19)17(25)23(2)3;/h5-15H2,1-4H3,(H2,20,21,22);1H. The Morgan fingerprint density at radius 2 is 1.78 bits per heavy atom. The number of rotatable bonds is 10. The van der Waals surface area contributed by atoms with Crippen molar-refractivity contribution in [2.75, 3.05) is 40.8 Å². The summed E-state index contributed by atoms with van der Waals surface area (Å²) >= 11 is 0. The van der Waals surface area contributed by atoms with Gasteiger partial charge >= 0.3 is 5.97 Å². The van der Waals surface area contributed by atoms with Crippen LogP contribution in [0.25, 0.3) is 0 Å². The largest absolute Gasteiger partial charge is 0.469 e. The molecule has 1 aliphatic rings. The number of carbonyl (C=O) groups excluding carboxylic acids is 2. The lowest BCUT2D eigenvalue weighted by Gasteiger charge is -2.29. The number of amides is 1. The van der Waals surface area contributed by atoms with Crippen LogP contribution in [0.5, 0.6) is 0 Å². The van der Waals surface area contributed by atoms with Gasteiger partial charge in [0.2, 0.25) is 5.91 Å². The van der Waals surface area contributed by atoms with E-state index in [9.17, 15) is 9.59 Å². The molecule has 1 amide bonds. The Labute approximate surface area is 181 Å². The Morgan fingerprint density at radius 3 is 2.33 bits per heavy atom. The summed E-state index contributed by atoms with van der Waals surface area (Å²) in [6.45, 7) is 4.13. The Hall–Kier alpha value is -1.06. The lowest BCUT2D eigenvalue weighted by molar-refractivity contribution is -0.141. The van der Waals surface area contributed by atoms with Crippen LogP contribution in [-0.2, 0) is 14.3 Å². The van der Waals surface area contributed by atoms with E-state index < -0.39 is 0 Å². The number of guanidine groups is 1. The van der Waals surface area contributed by atoms with Gasteiger partial charge in [0, 0.05) is 33.6 Å². The van der Waals surface area contributed by atoms with Crippen molar-refractivity contribution in [2.45, 2.75) is 58.3 Å². The third kappa shape index (κ3) is 9.12. The third-order valence-electron chi connectivity index (χ3n) is 4.88. The number of hydrogen-bond donors (Lipinski definition) is 2. The lowest BCUT2D eigenvalue weighted by atomic mass is 9.85. The van der Waals surface area contributed by atoms with E-state index in [2.05, 4.69) is 15.4 Å². The van der Waals surface area contributed by atoms with E-state index in [1.807, 2.05) is 21.0 Å². The van der Waals surface area contributed by atoms with Crippen LogP contribution in [0.2, 0.25) is 0 Å². The SMILES string of the molecule is CCNC(=NCC1(C(=O)N(C)C)CCCC1)NCCCCCC(=O)OC.I. The zero-order valence-electron chi connectivity index (χ0n) is 17.3. The number of carbonyl (C=O) groups is 2. The fraction of sp³-hybridized carbons (Fsp3) is 0.842. The molecule has 0 aromatic rings. The summed E-state index contributed by atoms with van der Waals surface area (Å²) < 4.78 is 4.64. The summed E-state index contributed by atoms with van der Waals surface area (Å²) in [4.78, 5) is 30.1. The molecule has 1 rings (SSSR count). The molecule has 158 valence electrons. The summed E-state index contributed by atoms with van der Waals surface area (Å²) in [5.41, 5.74) is -0.341. The zero-order chi connectivity index (χ0) is 19.4. The van der Waals surface area contributed by atoms with Crippen LogP contribution >= 0.6 is 24.0 Å². The highest BCUT2D eigenvalue weighted by molar-refractivity contribution is 14.0. The van der Waals surface area contributed by atoms with Gasteiger partial charge in [0.15, 0.2) is 5.96 Å². The fourth-order valence-corrected chi connectivity index (χ4v) is 3.42. The van der Waals surface area contributed by atoms with Crippen molar-refractivity contribution < 1.29 is 14.3 Å². The highest BCUT2D eigenvalue weighted by atomic mass is 127. The number of halogens is 1. The van der Waals surface area contributed by atoms with Crippen LogP contribution in [0.15, 0.2) is 4.99 Å². The van der Waals surface area contributed by atoms with E-state index in [0.29, 0.717) is 13.0 Å². The van der Waals surface area contributed by atoms with Gasteiger partial charge in [-0.1, -0.05) is 19.3 Å². The quantitative estimate of drug-likeness (QED) is 0.160. The maximum atomic E-state index is 12.6. The first-order valence-electron chi connectivity index (χ1n) is 9.76. The third-order valence-corrected chi connectivity index (χ3v) is 4.88. The number of ether oxygens (including phenoxy) is 1. The molecule has 0 spiro atoms.